The van der Waals surface area contributed by atoms with Crippen LogP contribution in [0.5, 0.6) is 0 Å². The van der Waals surface area contributed by atoms with Crippen molar-refractivity contribution in [3.63, 3.8) is 0 Å². The zero-order valence-corrected chi connectivity index (χ0v) is 9.30. The molecule has 17 heavy (non-hydrogen) atoms. The van der Waals surface area contributed by atoms with Crippen molar-refractivity contribution in [2.45, 2.75) is 12.3 Å². The molecule has 0 aliphatic heterocycles. The molecule has 0 bridgehead atoms. The lowest BCUT2D eigenvalue weighted by molar-refractivity contribution is -0.114. The third kappa shape index (κ3) is 2.64. The molecule has 2 nitrogen and oxygen atoms in total. The van der Waals surface area contributed by atoms with E-state index in [0.29, 0.717) is 0 Å². The molecule has 2 aromatic rings. The fourth-order valence-electron chi connectivity index (χ4n) is 1.80. The lowest BCUT2D eigenvalue weighted by atomic mass is 9.91. The summed E-state index contributed by atoms with van der Waals surface area (Å²) in [4.78, 5) is 11.4. The summed E-state index contributed by atoms with van der Waals surface area (Å²) in [5, 5.41) is 0. The molecule has 0 radical (unpaired) electrons. The lowest BCUT2D eigenvalue weighted by Gasteiger charge is -2.12. The number of Topliss-reactive ketones (excluding diaryl/α,β-unsaturated/α-hetero) is 1. The Bertz CT molecular complexity index is 518. The van der Waals surface area contributed by atoms with Gasteiger partial charge in [0.2, 0.25) is 5.78 Å². The first-order valence-corrected chi connectivity index (χ1v) is 5.39. The molecule has 0 N–H and O–H groups in total. The zero-order valence-electron chi connectivity index (χ0n) is 9.30. The van der Waals surface area contributed by atoms with E-state index in [4.69, 9.17) is 10.8 Å². The van der Waals surface area contributed by atoms with Crippen molar-refractivity contribution in [1.29, 1.82) is 0 Å². The van der Waals surface area contributed by atoms with Gasteiger partial charge in [0.05, 0.1) is 6.26 Å². The average molecular weight is 224 g/mol. The van der Waals surface area contributed by atoms with Gasteiger partial charge in [-0.1, -0.05) is 30.3 Å². The number of furan rings is 1. The van der Waals surface area contributed by atoms with Crippen LogP contribution in [0.3, 0.4) is 0 Å². The molecule has 0 spiro atoms. The summed E-state index contributed by atoms with van der Waals surface area (Å²) < 4.78 is 5.37. The predicted octanol–water partition coefficient (Wildman–Crippen LogP) is 3.00. The summed E-state index contributed by atoms with van der Waals surface area (Å²) in [6, 6.07) is 13.4. The van der Waals surface area contributed by atoms with Crippen molar-refractivity contribution in [2.75, 3.05) is 0 Å². The van der Waals surface area contributed by atoms with Crippen molar-refractivity contribution in [3.05, 3.63) is 60.1 Å². The van der Waals surface area contributed by atoms with Crippen LogP contribution < -0.4 is 0 Å². The van der Waals surface area contributed by atoms with Gasteiger partial charge in [-0.2, -0.15) is 0 Å². The molecular weight excluding hydrogens is 212 g/mol. The summed E-state index contributed by atoms with van der Waals surface area (Å²) in [6.07, 6.45) is 7.00. The minimum Gasteiger partial charge on any atom is -0.469 e. The fraction of sp³-hybridized carbons (Fsp3) is 0.133. The monoisotopic (exact) mass is 224 g/mol. The Labute approximate surface area is 100 Å². The summed E-state index contributed by atoms with van der Waals surface area (Å²) >= 11 is 0. The van der Waals surface area contributed by atoms with Crippen LogP contribution in [-0.2, 0) is 4.79 Å². The Balaban J connectivity index is 2.32. The number of hydrogen-bond donors (Lipinski definition) is 0. The molecule has 2 heteroatoms. The molecule has 84 valence electrons. The van der Waals surface area contributed by atoms with Crippen molar-refractivity contribution in [2.24, 2.45) is 0 Å². The van der Waals surface area contributed by atoms with Gasteiger partial charge in [0, 0.05) is 12.3 Å². The topological polar surface area (TPSA) is 30.2 Å². The van der Waals surface area contributed by atoms with Crippen LogP contribution >= 0.6 is 0 Å². The van der Waals surface area contributed by atoms with Crippen molar-refractivity contribution in [1.82, 2.24) is 0 Å². The Morgan fingerprint density at radius 1 is 1.24 bits per heavy atom. The van der Waals surface area contributed by atoms with E-state index in [1.807, 2.05) is 42.5 Å². The molecule has 0 saturated carbocycles. The van der Waals surface area contributed by atoms with Gasteiger partial charge < -0.3 is 4.42 Å². The van der Waals surface area contributed by atoms with Crippen LogP contribution in [0.4, 0.5) is 0 Å². The highest BCUT2D eigenvalue weighted by atomic mass is 16.3. The minimum absolute atomic E-state index is 0.102. The van der Waals surface area contributed by atoms with Gasteiger partial charge in [0.15, 0.2) is 0 Å². The maximum Gasteiger partial charge on any atom is 0.206 e. The van der Waals surface area contributed by atoms with Crippen LogP contribution in [0.25, 0.3) is 0 Å². The highest BCUT2D eigenvalue weighted by Gasteiger charge is 2.19. The smallest absolute Gasteiger partial charge is 0.206 e. The number of terminal acetylenes is 1. The Morgan fingerprint density at radius 2 is 2.00 bits per heavy atom. The molecule has 1 aromatic carbocycles. The summed E-state index contributed by atoms with van der Waals surface area (Å²) in [5.41, 5.74) is 1.03. The molecule has 0 aliphatic rings. The zero-order chi connectivity index (χ0) is 12.1. The first kappa shape index (κ1) is 11.2. The first-order chi connectivity index (χ1) is 8.31. The van der Waals surface area contributed by atoms with E-state index >= 15 is 0 Å². The number of benzene rings is 1. The molecule has 0 aliphatic carbocycles. The van der Waals surface area contributed by atoms with Gasteiger partial charge >= 0.3 is 0 Å². The highest BCUT2D eigenvalue weighted by molar-refractivity contribution is 5.95. The van der Waals surface area contributed by atoms with Gasteiger partial charge in [-0.15, -0.1) is 6.42 Å². The van der Waals surface area contributed by atoms with E-state index in [9.17, 15) is 4.79 Å². The molecule has 1 aromatic heterocycles. The Kier molecular flexibility index (Phi) is 3.42. The molecule has 0 amide bonds. The predicted molar refractivity (Wildman–Crippen MR) is 65.5 cm³/mol. The van der Waals surface area contributed by atoms with Gasteiger partial charge in [-0.05, 0) is 23.6 Å². The quantitative estimate of drug-likeness (QED) is 0.590. The summed E-state index contributed by atoms with van der Waals surface area (Å²) in [7, 11) is 0. The second kappa shape index (κ2) is 5.18. The average Bonchev–Trinajstić information content (AvgIpc) is 2.90. The van der Waals surface area contributed by atoms with Crippen LogP contribution in [-0.4, -0.2) is 5.78 Å². The molecule has 1 heterocycles. The van der Waals surface area contributed by atoms with Crippen molar-refractivity contribution < 1.29 is 9.21 Å². The maximum atomic E-state index is 11.4. The lowest BCUT2D eigenvalue weighted by Crippen LogP contribution is -2.06. The molecule has 0 saturated heterocycles. The number of ketones is 1. The maximum absolute atomic E-state index is 11.4. The van der Waals surface area contributed by atoms with Crippen molar-refractivity contribution in [3.8, 4) is 12.3 Å². The van der Waals surface area contributed by atoms with E-state index in [1.165, 1.54) is 0 Å². The summed E-state index contributed by atoms with van der Waals surface area (Å²) in [6.45, 7) is 0. The molecular formula is C15H12O2. The Hall–Kier alpha value is -2.27. The normalized spacial score (nSPS) is 11.7. The first-order valence-electron chi connectivity index (χ1n) is 5.39. The second-order valence-corrected chi connectivity index (χ2v) is 3.75. The van der Waals surface area contributed by atoms with E-state index in [0.717, 1.165) is 11.3 Å². The van der Waals surface area contributed by atoms with E-state index < -0.39 is 0 Å². The molecule has 1 atom stereocenters. The Morgan fingerprint density at radius 3 is 2.59 bits per heavy atom. The second-order valence-electron chi connectivity index (χ2n) is 3.75. The fourth-order valence-corrected chi connectivity index (χ4v) is 1.80. The summed E-state index contributed by atoms with van der Waals surface area (Å²) in [5.74, 6) is 2.60. The van der Waals surface area contributed by atoms with Crippen molar-refractivity contribution >= 4 is 5.78 Å². The van der Waals surface area contributed by atoms with E-state index in [-0.39, 0.29) is 18.1 Å². The number of hydrogen-bond acceptors (Lipinski definition) is 2. The third-order valence-electron chi connectivity index (χ3n) is 2.64. The minimum atomic E-state index is -0.213. The van der Waals surface area contributed by atoms with Crippen LogP contribution in [0, 0.1) is 12.3 Å². The number of rotatable bonds is 4. The van der Waals surface area contributed by atoms with Gasteiger partial charge in [-0.25, -0.2) is 0 Å². The van der Waals surface area contributed by atoms with Gasteiger partial charge in [0.1, 0.15) is 5.76 Å². The SMILES string of the molecule is C#CC(=O)CC(c1ccccc1)c1ccco1. The standard InChI is InChI=1S/C15H12O2/c1-2-13(16)11-14(15-9-6-10-17-15)12-7-4-3-5-8-12/h1,3-10,14H,11H2. The number of carbonyl (C=O) groups is 1. The van der Waals surface area contributed by atoms with Gasteiger partial charge in [-0.3, -0.25) is 4.79 Å². The highest BCUT2D eigenvalue weighted by Crippen LogP contribution is 2.28. The molecule has 0 fully saturated rings. The van der Waals surface area contributed by atoms with Crippen LogP contribution in [0.15, 0.2) is 53.1 Å². The third-order valence-corrected chi connectivity index (χ3v) is 2.64. The number of carbonyl (C=O) groups excluding carboxylic acids is 1. The van der Waals surface area contributed by atoms with Gasteiger partial charge in [0.25, 0.3) is 0 Å². The largest absolute Gasteiger partial charge is 0.469 e. The molecule has 2 rings (SSSR count). The molecule has 1 unspecified atom stereocenters. The van der Waals surface area contributed by atoms with E-state index in [1.54, 1.807) is 6.26 Å². The van der Waals surface area contributed by atoms with Crippen LogP contribution in [0.2, 0.25) is 0 Å². The van der Waals surface area contributed by atoms with Crippen LogP contribution in [0.1, 0.15) is 23.7 Å². The van der Waals surface area contributed by atoms with E-state index in [2.05, 4.69) is 5.92 Å².